The van der Waals surface area contributed by atoms with Gasteiger partial charge in [-0.2, -0.15) is 13.2 Å². The van der Waals surface area contributed by atoms with Crippen LogP contribution >= 0.6 is 0 Å². The molecule has 3 rings (SSSR count). The molecule has 1 heterocycles. The Balaban J connectivity index is 1.72. The topological polar surface area (TPSA) is 12.5 Å². The van der Waals surface area contributed by atoms with E-state index in [1.54, 1.807) is 12.1 Å². The highest BCUT2D eigenvalue weighted by Gasteiger charge is 2.30. The summed E-state index contributed by atoms with van der Waals surface area (Å²) in [4.78, 5) is 2.34. The van der Waals surface area contributed by atoms with Crippen molar-refractivity contribution in [2.75, 3.05) is 19.6 Å². The maximum atomic E-state index is 13.2. The number of ether oxygens (including phenoxy) is 1. The number of hydrogen-bond acceptors (Lipinski definition) is 2. The summed E-state index contributed by atoms with van der Waals surface area (Å²) in [5, 5.41) is 0. The smallest absolute Gasteiger partial charge is 0.416 e. The van der Waals surface area contributed by atoms with Gasteiger partial charge in [-0.15, -0.1) is 0 Å². The van der Waals surface area contributed by atoms with Crippen LogP contribution < -0.4 is 4.74 Å². The Bertz CT molecular complexity index is 691. The van der Waals surface area contributed by atoms with Gasteiger partial charge in [0.2, 0.25) is 0 Å². The Morgan fingerprint density at radius 2 is 1.54 bits per heavy atom. The van der Waals surface area contributed by atoms with Crippen molar-refractivity contribution < 1.29 is 22.3 Å². The van der Waals surface area contributed by atoms with Gasteiger partial charge in [0.15, 0.2) is 0 Å². The Kier molecular flexibility index (Phi) is 5.81. The van der Waals surface area contributed by atoms with E-state index in [4.69, 9.17) is 4.74 Å². The molecule has 0 amide bonds. The number of rotatable bonds is 6. The molecule has 0 radical (unpaired) electrons. The molecule has 1 fully saturated rings. The van der Waals surface area contributed by atoms with E-state index in [9.17, 15) is 17.6 Å². The van der Waals surface area contributed by atoms with Crippen LogP contribution in [0.1, 0.15) is 36.5 Å². The Morgan fingerprint density at radius 1 is 0.923 bits per heavy atom. The van der Waals surface area contributed by atoms with E-state index in [1.807, 2.05) is 0 Å². The van der Waals surface area contributed by atoms with Crippen LogP contribution in [0, 0.1) is 5.82 Å². The molecule has 0 bridgehead atoms. The second kappa shape index (κ2) is 8.08. The summed E-state index contributed by atoms with van der Waals surface area (Å²) < 4.78 is 57.3. The molecule has 2 nitrogen and oxygen atoms in total. The van der Waals surface area contributed by atoms with E-state index in [1.165, 1.54) is 37.1 Å². The molecule has 0 N–H and O–H groups in total. The lowest BCUT2D eigenvalue weighted by molar-refractivity contribution is -0.137. The van der Waals surface area contributed by atoms with Gasteiger partial charge in [-0.25, -0.2) is 4.39 Å². The van der Waals surface area contributed by atoms with Gasteiger partial charge in [0, 0.05) is 13.0 Å². The molecule has 1 aliphatic heterocycles. The predicted molar refractivity (Wildman–Crippen MR) is 91.5 cm³/mol. The predicted octanol–water partition coefficient (Wildman–Crippen LogP) is 5.45. The van der Waals surface area contributed by atoms with Crippen molar-refractivity contribution in [3.8, 4) is 5.75 Å². The summed E-state index contributed by atoms with van der Waals surface area (Å²) in [6, 6.07) is 10.7. The molecular weight excluding hydrogens is 346 g/mol. The largest absolute Gasteiger partial charge is 0.486 e. The fourth-order valence-electron chi connectivity index (χ4n) is 3.16. The normalized spacial score (nSPS) is 16.6. The van der Waals surface area contributed by atoms with E-state index in [2.05, 4.69) is 4.90 Å². The maximum absolute atomic E-state index is 13.2. The van der Waals surface area contributed by atoms with Crippen LogP contribution in [0.15, 0.2) is 48.5 Å². The highest BCUT2D eigenvalue weighted by Crippen LogP contribution is 2.32. The average molecular weight is 367 g/mol. The molecule has 2 aromatic carbocycles. The third-order valence-electron chi connectivity index (χ3n) is 4.61. The molecule has 0 aromatic heterocycles. The number of benzene rings is 2. The van der Waals surface area contributed by atoms with Gasteiger partial charge in [-0.05, 0) is 67.9 Å². The zero-order valence-corrected chi connectivity index (χ0v) is 14.3. The Labute approximate surface area is 150 Å². The second-order valence-electron chi connectivity index (χ2n) is 6.52. The summed E-state index contributed by atoms with van der Waals surface area (Å²) in [6.45, 7) is 2.94. The molecule has 2 aromatic rings. The van der Waals surface area contributed by atoms with Gasteiger partial charge < -0.3 is 9.64 Å². The maximum Gasteiger partial charge on any atom is 0.416 e. The molecule has 1 atom stereocenters. The highest BCUT2D eigenvalue weighted by molar-refractivity contribution is 5.30. The van der Waals surface area contributed by atoms with Crippen LogP contribution in [0.4, 0.5) is 17.6 Å². The first-order valence-corrected chi connectivity index (χ1v) is 8.73. The summed E-state index contributed by atoms with van der Waals surface area (Å²) in [5.74, 6) is 0.0373. The van der Waals surface area contributed by atoms with Crippen molar-refractivity contribution in [2.45, 2.75) is 31.5 Å². The van der Waals surface area contributed by atoms with Gasteiger partial charge >= 0.3 is 6.18 Å². The molecule has 6 heteroatoms. The Hall–Kier alpha value is -2.08. The third-order valence-corrected chi connectivity index (χ3v) is 4.61. The molecule has 1 aliphatic rings. The lowest BCUT2D eigenvalue weighted by Crippen LogP contribution is -2.23. The van der Waals surface area contributed by atoms with Crippen LogP contribution in [-0.4, -0.2) is 24.5 Å². The SMILES string of the molecule is Fc1ccc(C(CCN2CCCC2)Oc2ccc(C(F)(F)F)cc2)cc1. The summed E-state index contributed by atoms with van der Waals surface area (Å²) >= 11 is 0. The molecule has 0 saturated carbocycles. The number of hydrogen-bond donors (Lipinski definition) is 0. The summed E-state index contributed by atoms with van der Waals surface area (Å²) in [7, 11) is 0. The molecular formula is C20H21F4NO. The lowest BCUT2D eigenvalue weighted by atomic mass is 10.1. The second-order valence-corrected chi connectivity index (χ2v) is 6.52. The summed E-state index contributed by atoms with van der Waals surface area (Å²) in [5.41, 5.74) is 0.103. The molecule has 26 heavy (non-hydrogen) atoms. The summed E-state index contributed by atoms with van der Waals surface area (Å²) in [6.07, 6.45) is -1.66. The van der Waals surface area contributed by atoms with Crippen molar-refractivity contribution in [1.82, 2.24) is 4.90 Å². The Morgan fingerprint density at radius 3 is 2.12 bits per heavy atom. The van der Waals surface area contributed by atoms with Crippen LogP contribution in [0.5, 0.6) is 5.75 Å². The minimum Gasteiger partial charge on any atom is -0.486 e. The monoisotopic (exact) mass is 367 g/mol. The highest BCUT2D eigenvalue weighted by atomic mass is 19.4. The first-order valence-electron chi connectivity index (χ1n) is 8.73. The van der Waals surface area contributed by atoms with Crippen LogP contribution in [0.25, 0.3) is 0 Å². The van der Waals surface area contributed by atoms with Gasteiger partial charge in [-0.3, -0.25) is 0 Å². The van der Waals surface area contributed by atoms with Gasteiger partial charge in [-0.1, -0.05) is 12.1 Å². The lowest BCUT2D eigenvalue weighted by Gasteiger charge is -2.23. The van der Waals surface area contributed by atoms with Crippen molar-refractivity contribution >= 4 is 0 Å². The molecule has 0 spiro atoms. The van der Waals surface area contributed by atoms with Gasteiger partial charge in [0.1, 0.15) is 17.7 Å². The third kappa shape index (κ3) is 4.97. The van der Waals surface area contributed by atoms with E-state index in [0.717, 1.165) is 37.3 Å². The molecule has 0 aliphatic carbocycles. The molecule has 140 valence electrons. The van der Waals surface area contributed by atoms with Gasteiger partial charge in [0.05, 0.1) is 5.56 Å². The average Bonchev–Trinajstić information content (AvgIpc) is 3.12. The minimum atomic E-state index is -4.37. The van der Waals surface area contributed by atoms with Crippen LogP contribution in [-0.2, 0) is 6.18 Å². The first-order chi connectivity index (χ1) is 12.4. The van der Waals surface area contributed by atoms with E-state index in [0.29, 0.717) is 12.2 Å². The van der Waals surface area contributed by atoms with Crippen molar-refractivity contribution in [3.63, 3.8) is 0 Å². The number of alkyl halides is 3. The van der Waals surface area contributed by atoms with E-state index >= 15 is 0 Å². The zero-order valence-electron chi connectivity index (χ0n) is 14.3. The standard InChI is InChI=1S/C20H21F4NO/c21-17-7-3-15(4-8-17)19(11-14-25-12-1-2-13-25)26-18-9-5-16(6-10-18)20(22,23)24/h3-10,19H,1-2,11-14H2. The van der Waals surface area contributed by atoms with Crippen molar-refractivity contribution in [2.24, 2.45) is 0 Å². The van der Waals surface area contributed by atoms with E-state index < -0.39 is 11.7 Å². The zero-order chi connectivity index (χ0) is 18.6. The number of likely N-dealkylation sites (tertiary alicyclic amines) is 1. The first kappa shape index (κ1) is 18.7. The van der Waals surface area contributed by atoms with Crippen LogP contribution in [0.3, 0.4) is 0 Å². The molecule has 1 saturated heterocycles. The fourth-order valence-corrected chi connectivity index (χ4v) is 3.16. The van der Waals surface area contributed by atoms with Crippen molar-refractivity contribution in [1.29, 1.82) is 0 Å². The minimum absolute atomic E-state index is 0.332. The quantitative estimate of drug-likeness (QED) is 0.630. The van der Waals surface area contributed by atoms with Crippen LogP contribution in [0.2, 0.25) is 0 Å². The van der Waals surface area contributed by atoms with E-state index in [-0.39, 0.29) is 11.9 Å². The molecule has 1 unspecified atom stereocenters. The van der Waals surface area contributed by atoms with Gasteiger partial charge in [0.25, 0.3) is 0 Å². The van der Waals surface area contributed by atoms with Crippen molar-refractivity contribution in [3.05, 3.63) is 65.5 Å². The number of nitrogens with zero attached hydrogens (tertiary/aromatic N) is 1. The number of halogens is 4. The fraction of sp³-hybridized carbons (Fsp3) is 0.400.